The summed E-state index contributed by atoms with van der Waals surface area (Å²) in [7, 11) is 0. The quantitative estimate of drug-likeness (QED) is 0.733. The van der Waals surface area contributed by atoms with E-state index in [4.69, 9.17) is 9.47 Å². The van der Waals surface area contributed by atoms with Crippen LogP contribution in [0.3, 0.4) is 0 Å². The third-order valence-corrected chi connectivity index (χ3v) is 6.27. The molecule has 0 unspecified atom stereocenters. The molecule has 0 aliphatic carbocycles. The van der Waals surface area contributed by atoms with Gasteiger partial charge in [0, 0.05) is 71.6 Å². The van der Waals surface area contributed by atoms with Crippen LogP contribution in [0.25, 0.3) is 6.08 Å². The first-order valence-electron chi connectivity index (χ1n) is 10.9. The Labute approximate surface area is 174 Å². The van der Waals surface area contributed by atoms with Gasteiger partial charge in [-0.3, -0.25) is 9.69 Å². The first-order valence-corrected chi connectivity index (χ1v) is 10.9. The number of hydrogen-bond acceptors (Lipinski definition) is 5. The van der Waals surface area contributed by atoms with Crippen molar-refractivity contribution in [3.63, 3.8) is 0 Å². The summed E-state index contributed by atoms with van der Waals surface area (Å²) in [5.74, 6) is -0.131. The fourth-order valence-corrected chi connectivity index (χ4v) is 4.39. The van der Waals surface area contributed by atoms with E-state index >= 15 is 0 Å². The number of likely N-dealkylation sites (tertiary alicyclic amines) is 1. The number of nitrogens with zero attached hydrogens (tertiary/aromatic N) is 3. The van der Waals surface area contributed by atoms with Crippen molar-refractivity contribution >= 4 is 12.0 Å². The molecule has 0 bridgehead atoms. The number of rotatable bonds is 6. The molecule has 0 radical (unpaired) electrons. The molecule has 1 aromatic rings. The minimum Gasteiger partial charge on any atom is -0.347 e. The summed E-state index contributed by atoms with van der Waals surface area (Å²) in [5.41, 5.74) is 1.25. The van der Waals surface area contributed by atoms with E-state index in [0.29, 0.717) is 19.6 Å². The summed E-state index contributed by atoms with van der Waals surface area (Å²) in [5, 5.41) is 0. The number of hydrogen-bond donors (Lipinski definition) is 0. The first-order chi connectivity index (χ1) is 14.2. The van der Waals surface area contributed by atoms with Crippen molar-refractivity contribution in [2.45, 2.75) is 25.0 Å². The molecule has 29 heavy (non-hydrogen) atoms. The molecule has 6 heteroatoms. The normalized spacial score (nSPS) is 23.2. The Bertz CT molecular complexity index is 670. The number of piperazine rings is 1. The van der Waals surface area contributed by atoms with Crippen LogP contribution in [0.5, 0.6) is 0 Å². The van der Waals surface area contributed by atoms with Gasteiger partial charge in [-0.1, -0.05) is 42.5 Å². The molecule has 3 fully saturated rings. The zero-order valence-electron chi connectivity index (χ0n) is 17.3. The van der Waals surface area contributed by atoms with Gasteiger partial charge < -0.3 is 19.3 Å². The molecule has 3 aliphatic rings. The molecule has 3 saturated heterocycles. The SMILES string of the molecule is O=C(CCN1CCN(C/C=C/c2ccccc2)CC1)N1CCC2(CC1)OCCO2. The van der Waals surface area contributed by atoms with Gasteiger partial charge in [-0.15, -0.1) is 0 Å². The number of carbonyl (C=O) groups excluding carboxylic acids is 1. The Balaban J connectivity index is 1.11. The number of carbonyl (C=O) groups is 1. The summed E-state index contributed by atoms with van der Waals surface area (Å²) in [6.07, 6.45) is 6.65. The first kappa shape index (κ1) is 20.5. The van der Waals surface area contributed by atoms with Crippen LogP contribution in [-0.4, -0.2) is 92.0 Å². The Morgan fingerprint density at radius 1 is 0.931 bits per heavy atom. The van der Waals surface area contributed by atoms with Crippen LogP contribution in [-0.2, 0) is 14.3 Å². The van der Waals surface area contributed by atoms with Gasteiger partial charge in [0.15, 0.2) is 5.79 Å². The average molecular weight is 400 g/mol. The summed E-state index contributed by atoms with van der Waals surface area (Å²) in [6, 6.07) is 10.4. The molecule has 3 aliphatic heterocycles. The highest BCUT2D eigenvalue weighted by Gasteiger charge is 2.40. The summed E-state index contributed by atoms with van der Waals surface area (Å²) in [6.45, 7) is 8.92. The Hall–Kier alpha value is -1.73. The molecule has 0 atom stereocenters. The van der Waals surface area contributed by atoms with E-state index in [1.165, 1.54) is 5.56 Å². The van der Waals surface area contributed by atoms with Gasteiger partial charge in [0.05, 0.1) is 13.2 Å². The fourth-order valence-electron chi connectivity index (χ4n) is 4.39. The Kier molecular flexibility index (Phi) is 6.98. The smallest absolute Gasteiger partial charge is 0.223 e. The molecule has 6 nitrogen and oxygen atoms in total. The fraction of sp³-hybridized carbons (Fsp3) is 0.609. The van der Waals surface area contributed by atoms with Crippen molar-refractivity contribution in [3.8, 4) is 0 Å². The molecule has 1 amide bonds. The second-order valence-electron chi connectivity index (χ2n) is 8.19. The van der Waals surface area contributed by atoms with Crippen LogP contribution in [0.1, 0.15) is 24.8 Å². The lowest BCUT2D eigenvalue weighted by atomic mass is 10.0. The van der Waals surface area contributed by atoms with E-state index in [2.05, 4.69) is 46.2 Å². The Morgan fingerprint density at radius 2 is 1.59 bits per heavy atom. The van der Waals surface area contributed by atoms with Crippen LogP contribution in [0.2, 0.25) is 0 Å². The van der Waals surface area contributed by atoms with Gasteiger partial charge in [-0.2, -0.15) is 0 Å². The molecule has 4 rings (SSSR count). The van der Waals surface area contributed by atoms with Crippen molar-refractivity contribution in [1.82, 2.24) is 14.7 Å². The maximum atomic E-state index is 12.6. The number of ether oxygens (including phenoxy) is 2. The number of amides is 1. The second-order valence-corrected chi connectivity index (χ2v) is 8.19. The highest BCUT2D eigenvalue weighted by Crippen LogP contribution is 2.31. The van der Waals surface area contributed by atoms with Crippen molar-refractivity contribution in [2.24, 2.45) is 0 Å². The van der Waals surface area contributed by atoms with Crippen molar-refractivity contribution in [1.29, 1.82) is 0 Å². The van der Waals surface area contributed by atoms with E-state index in [0.717, 1.165) is 65.2 Å². The molecular weight excluding hydrogens is 366 g/mol. The maximum Gasteiger partial charge on any atom is 0.223 e. The molecule has 3 heterocycles. The van der Waals surface area contributed by atoms with E-state index in [1.54, 1.807) is 0 Å². The largest absolute Gasteiger partial charge is 0.347 e. The lowest BCUT2D eigenvalue weighted by Crippen LogP contribution is -2.49. The number of benzene rings is 1. The molecular formula is C23H33N3O3. The maximum absolute atomic E-state index is 12.6. The minimum absolute atomic E-state index is 0.270. The van der Waals surface area contributed by atoms with Crippen molar-refractivity contribution in [2.75, 3.05) is 65.6 Å². The standard InChI is InChI=1S/C23H33N3O3/c27-22(26-13-9-23(10-14-26)28-19-20-29-23)8-12-25-17-15-24(16-18-25)11-4-7-21-5-2-1-3-6-21/h1-7H,8-20H2/b7-4+. The van der Waals surface area contributed by atoms with Crippen LogP contribution in [0.4, 0.5) is 0 Å². The molecule has 158 valence electrons. The summed E-state index contributed by atoms with van der Waals surface area (Å²) >= 11 is 0. The van der Waals surface area contributed by atoms with E-state index < -0.39 is 5.79 Å². The third kappa shape index (κ3) is 5.66. The average Bonchev–Trinajstić information content (AvgIpc) is 3.22. The predicted octanol–water partition coefficient (Wildman–Crippen LogP) is 2.07. The second kappa shape index (κ2) is 9.85. The lowest BCUT2D eigenvalue weighted by molar-refractivity contribution is -0.187. The third-order valence-electron chi connectivity index (χ3n) is 6.27. The van der Waals surface area contributed by atoms with Crippen LogP contribution in [0.15, 0.2) is 36.4 Å². The topological polar surface area (TPSA) is 45.3 Å². The van der Waals surface area contributed by atoms with Crippen molar-refractivity contribution in [3.05, 3.63) is 42.0 Å². The molecule has 0 aromatic heterocycles. The van der Waals surface area contributed by atoms with Gasteiger partial charge in [0.25, 0.3) is 0 Å². The zero-order valence-corrected chi connectivity index (χ0v) is 17.3. The molecule has 0 N–H and O–H groups in total. The molecule has 1 spiro atoms. The van der Waals surface area contributed by atoms with Crippen molar-refractivity contribution < 1.29 is 14.3 Å². The van der Waals surface area contributed by atoms with Crippen LogP contribution < -0.4 is 0 Å². The zero-order chi connectivity index (χ0) is 19.9. The predicted molar refractivity (Wildman–Crippen MR) is 113 cm³/mol. The number of piperidine rings is 1. The highest BCUT2D eigenvalue weighted by molar-refractivity contribution is 5.76. The van der Waals surface area contributed by atoms with Crippen LogP contribution >= 0.6 is 0 Å². The van der Waals surface area contributed by atoms with Gasteiger partial charge in [0.2, 0.25) is 5.91 Å². The molecule has 1 aromatic carbocycles. The summed E-state index contributed by atoms with van der Waals surface area (Å²) < 4.78 is 11.5. The highest BCUT2D eigenvalue weighted by atomic mass is 16.7. The van der Waals surface area contributed by atoms with E-state index in [1.807, 2.05) is 11.0 Å². The van der Waals surface area contributed by atoms with Gasteiger partial charge in [-0.05, 0) is 5.56 Å². The monoisotopic (exact) mass is 399 g/mol. The van der Waals surface area contributed by atoms with E-state index in [9.17, 15) is 4.79 Å². The van der Waals surface area contributed by atoms with Crippen LogP contribution in [0, 0.1) is 0 Å². The Morgan fingerprint density at radius 3 is 2.28 bits per heavy atom. The van der Waals surface area contributed by atoms with Gasteiger partial charge in [-0.25, -0.2) is 0 Å². The summed E-state index contributed by atoms with van der Waals surface area (Å²) in [4.78, 5) is 19.5. The molecule has 0 saturated carbocycles. The van der Waals surface area contributed by atoms with E-state index in [-0.39, 0.29) is 5.91 Å². The lowest BCUT2D eigenvalue weighted by Gasteiger charge is -2.38. The minimum atomic E-state index is -0.401. The van der Waals surface area contributed by atoms with Gasteiger partial charge in [0.1, 0.15) is 0 Å². The van der Waals surface area contributed by atoms with Gasteiger partial charge >= 0.3 is 0 Å².